The number of rotatable bonds is 7. The first-order valence-corrected chi connectivity index (χ1v) is 12.5. The minimum atomic E-state index is -3.49. The van der Waals surface area contributed by atoms with E-state index in [0.717, 1.165) is 18.2 Å². The third kappa shape index (κ3) is 6.12. The van der Waals surface area contributed by atoms with E-state index in [2.05, 4.69) is 5.32 Å². The Labute approximate surface area is 242 Å². The Balaban J connectivity index is 1.51. The first-order valence-electron chi connectivity index (χ1n) is 11.0. The van der Waals surface area contributed by atoms with E-state index in [4.69, 9.17) is 46.4 Å². The molecule has 0 heterocycles. The lowest BCUT2D eigenvalue weighted by Gasteiger charge is -2.12. The Morgan fingerprint density at radius 3 is 2.05 bits per heavy atom. The summed E-state index contributed by atoms with van der Waals surface area (Å²) < 4.78 is 66.1. The van der Waals surface area contributed by atoms with Gasteiger partial charge in [-0.2, -0.15) is 8.78 Å². The molecule has 1 aliphatic carbocycles. The number of hydrogen-bond acceptors (Lipinski definition) is 3. The van der Waals surface area contributed by atoms with Gasteiger partial charge < -0.3 is 16.0 Å². The van der Waals surface area contributed by atoms with Gasteiger partial charge in [0.25, 0.3) is 11.8 Å². The smallest absolute Gasteiger partial charge is 0.315 e. The van der Waals surface area contributed by atoms with Crippen molar-refractivity contribution in [1.29, 1.82) is 0 Å². The first kappa shape index (κ1) is 29.9. The lowest BCUT2D eigenvalue weighted by molar-refractivity contribution is -0.126. The number of nitrogens with one attached hydrogen (secondary N) is 3. The van der Waals surface area contributed by atoms with E-state index in [0.29, 0.717) is 11.6 Å². The highest BCUT2D eigenvalue weighted by Crippen LogP contribution is 2.65. The number of anilines is 3. The third-order valence-corrected chi connectivity index (χ3v) is 7.56. The van der Waals surface area contributed by atoms with Gasteiger partial charge >= 0.3 is 6.43 Å². The van der Waals surface area contributed by atoms with Crippen molar-refractivity contribution in [2.45, 2.75) is 16.7 Å². The van der Waals surface area contributed by atoms with Crippen LogP contribution in [0.1, 0.15) is 21.8 Å². The summed E-state index contributed by atoms with van der Waals surface area (Å²) in [5.74, 6) is -9.19. The highest BCUT2D eigenvalue weighted by atomic mass is 35.5. The van der Waals surface area contributed by atoms with Gasteiger partial charge in [0, 0.05) is 17.7 Å². The summed E-state index contributed by atoms with van der Waals surface area (Å²) in [7, 11) is 0. The van der Waals surface area contributed by atoms with Crippen LogP contribution in [-0.4, -0.2) is 28.5 Å². The molecule has 6 nitrogen and oxygen atoms in total. The van der Waals surface area contributed by atoms with Gasteiger partial charge in [-0.15, -0.1) is 23.2 Å². The maximum atomic E-state index is 14.5. The molecule has 0 aliphatic heterocycles. The molecule has 2 atom stereocenters. The average molecular weight is 641 g/mol. The molecule has 15 heteroatoms. The van der Waals surface area contributed by atoms with Gasteiger partial charge in [-0.3, -0.25) is 14.4 Å². The van der Waals surface area contributed by atoms with Crippen LogP contribution in [0.2, 0.25) is 10.0 Å². The fraction of sp³-hybridized carbons (Fsp3) is 0.160. The van der Waals surface area contributed by atoms with Crippen LogP contribution in [0.15, 0.2) is 48.5 Å². The molecule has 1 fully saturated rings. The molecule has 0 spiro atoms. The second kappa shape index (κ2) is 11.4. The predicted molar refractivity (Wildman–Crippen MR) is 141 cm³/mol. The van der Waals surface area contributed by atoms with E-state index >= 15 is 0 Å². The van der Waals surface area contributed by atoms with E-state index in [1.54, 1.807) is 6.07 Å². The Kier molecular flexibility index (Phi) is 8.51. The molecule has 3 aromatic carbocycles. The maximum absolute atomic E-state index is 14.5. The number of hydrogen-bond donors (Lipinski definition) is 3. The van der Waals surface area contributed by atoms with Crippen LogP contribution in [0.25, 0.3) is 0 Å². The molecule has 0 radical (unpaired) electrons. The van der Waals surface area contributed by atoms with E-state index in [-0.39, 0.29) is 21.8 Å². The zero-order valence-corrected chi connectivity index (χ0v) is 22.5. The molecule has 3 aromatic rings. The van der Waals surface area contributed by atoms with Crippen LogP contribution in [-0.2, 0) is 9.59 Å². The van der Waals surface area contributed by atoms with Gasteiger partial charge in [0.1, 0.15) is 21.8 Å². The van der Waals surface area contributed by atoms with E-state index in [9.17, 15) is 36.3 Å². The summed E-state index contributed by atoms with van der Waals surface area (Å²) in [5.41, 5.74) is -1.77. The van der Waals surface area contributed by atoms with Crippen LogP contribution in [0.4, 0.5) is 39.0 Å². The molecule has 3 N–H and O–H groups in total. The van der Waals surface area contributed by atoms with Crippen molar-refractivity contribution in [2.75, 3.05) is 16.0 Å². The fourth-order valence-corrected chi connectivity index (χ4v) is 5.02. The quantitative estimate of drug-likeness (QED) is 0.186. The molecule has 210 valence electrons. The summed E-state index contributed by atoms with van der Waals surface area (Å²) in [6.45, 7) is 0. The molecular weight excluding hydrogens is 627 g/mol. The molecule has 0 aromatic heterocycles. The highest BCUT2D eigenvalue weighted by molar-refractivity contribution is 6.53. The number of halogens is 9. The topological polar surface area (TPSA) is 87.3 Å². The summed E-state index contributed by atoms with van der Waals surface area (Å²) in [4.78, 5) is 36.8. The monoisotopic (exact) mass is 639 g/mol. The first-order chi connectivity index (χ1) is 18.7. The Bertz CT molecular complexity index is 1540. The standard InChI is InChI=1S/C25H14Cl4F5N3O3/c26-12-3-1-9(5-13(12)27)19-20(25(19,28)29)23(39)35-10-2-4-14(30)11(6-10)22(38)36-17-8-18(16(32)7-15(17)31)37-24(40)21(33)34/h1-8,19-21H,(H,35,39)(H,36,38)(H,37,40)/t19-,20+/m0/s1. The summed E-state index contributed by atoms with van der Waals surface area (Å²) in [6, 6.07) is 8.33. The van der Waals surface area contributed by atoms with Crippen LogP contribution >= 0.6 is 46.4 Å². The summed E-state index contributed by atoms with van der Waals surface area (Å²) in [5, 5.41) is 6.49. The zero-order valence-electron chi connectivity index (χ0n) is 19.5. The fourth-order valence-electron chi connectivity index (χ4n) is 3.89. The van der Waals surface area contributed by atoms with Crippen LogP contribution in [0, 0.1) is 23.4 Å². The van der Waals surface area contributed by atoms with E-state index in [1.165, 1.54) is 17.4 Å². The van der Waals surface area contributed by atoms with Crippen LogP contribution < -0.4 is 16.0 Å². The molecule has 1 aliphatic rings. The number of carbonyl (C=O) groups is 3. The lowest BCUT2D eigenvalue weighted by atomic mass is 10.1. The zero-order chi connectivity index (χ0) is 29.5. The van der Waals surface area contributed by atoms with Gasteiger partial charge in [0.2, 0.25) is 5.91 Å². The molecule has 3 amide bonds. The second-order valence-electron chi connectivity index (χ2n) is 8.54. The van der Waals surface area contributed by atoms with Gasteiger partial charge in [-0.1, -0.05) is 29.3 Å². The van der Waals surface area contributed by atoms with Crippen molar-refractivity contribution < 1.29 is 36.3 Å². The van der Waals surface area contributed by atoms with Crippen molar-refractivity contribution in [3.63, 3.8) is 0 Å². The molecular formula is C25H14Cl4F5N3O3. The molecule has 4 rings (SSSR count). The molecule has 40 heavy (non-hydrogen) atoms. The molecule has 0 saturated heterocycles. The second-order valence-corrected chi connectivity index (χ2v) is 10.8. The highest BCUT2D eigenvalue weighted by Gasteiger charge is 2.67. The number of alkyl halides is 4. The largest absolute Gasteiger partial charge is 0.326 e. The van der Waals surface area contributed by atoms with E-state index < -0.39 is 74.7 Å². The Morgan fingerprint density at radius 2 is 1.43 bits per heavy atom. The minimum Gasteiger partial charge on any atom is -0.326 e. The third-order valence-electron chi connectivity index (χ3n) is 5.88. The molecule has 0 unspecified atom stereocenters. The van der Waals surface area contributed by atoms with Gasteiger partial charge in [-0.05, 0) is 42.0 Å². The summed E-state index contributed by atoms with van der Waals surface area (Å²) in [6.07, 6.45) is -3.49. The van der Waals surface area contributed by atoms with Crippen molar-refractivity contribution >= 4 is 81.2 Å². The minimum absolute atomic E-state index is 0.0510. The maximum Gasteiger partial charge on any atom is 0.315 e. The van der Waals surface area contributed by atoms with Gasteiger partial charge in [0.05, 0.1) is 32.9 Å². The van der Waals surface area contributed by atoms with Crippen molar-refractivity contribution in [2.24, 2.45) is 5.92 Å². The average Bonchev–Trinajstić information content (AvgIpc) is 3.46. The van der Waals surface area contributed by atoms with Gasteiger partial charge in [-0.25, -0.2) is 13.2 Å². The lowest BCUT2D eigenvalue weighted by Crippen LogP contribution is -2.21. The van der Waals surface area contributed by atoms with Crippen molar-refractivity contribution in [3.8, 4) is 0 Å². The summed E-state index contributed by atoms with van der Waals surface area (Å²) >= 11 is 24.6. The molecule has 1 saturated carbocycles. The van der Waals surface area contributed by atoms with E-state index in [1.807, 2.05) is 5.32 Å². The number of carbonyl (C=O) groups excluding carboxylic acids is 3. The van der Waals surface area contributed by atoms with Crippen molar-refractivity contribution in [3.05, 3.63) is 87.2 Å². The SMILES string of the molecule is O=C(Nc1cc(NC(=O)C(F)F)c(F)cc1F)c1cc(NC(=O)[C@H]2[C@H](c3ccc(Cl)c(Cl)c3)C2(Cl)Cl)ccc1F. The molecule has 0 bridgehead atoms. The van der Waals surface area contributed by atoms with Crippen LogP contribution in [0.5, 0.6) is 0 Å². The Morgan fingerprint density at radius 1 is 0.775 bits per heavy atom. The normalized spacial score (nSPS) is 17.4. The number of benzene rings is 3. The predicted octanol–water partition coefficient (Wildman–Crippen LogP) is 7.39. The van der Waals surface area contributed by atoms with Crippen LogP contribution in [0.3, 0.4) is 0 Å². The number of amides is 3. The Hall–Kier alpha value is -3.12. The van der Waals surface area contributed by atoms with Gasteiger partial charge in [0.15, 0.2) is 0 Å². The van der Waals surface area contributed by atoms with Crippen molar-refractivity contribution in [1.82, 2.24) is 0 Å².